The van der Waals surface area contributed by atoms with Gasteiger partial charge in [-0.15, -0.1) is 0 Å². The van der Waals surface area contributed by atoms with Crippen LogP contribution in [-0.4, -0.2) is 30.6 Å². The predicted octanol–water partition coefficient (Wildman–Crippen LogP) is 2.23. The van der Waals surface area contributed by atoms with Crippen LogP contribution < -0.4 is 5.32 Å². The third-order valence-corrected chi connectivity index (χ3v) is 2.64. The molecule has 1 fully saturated rings. The molecule has 1 aliphatic heterocycles. The molecule has 0 aromatic rings. The Labute approximate surface area is 86.9 Å². The van der Waals surface area contributed by atoms with Gasteiger partial charge in [-0.1, -0.05) is 13.8 Å². The fourth-order valence-corrected chi connectivity index (χ4v) is 1.68. The maximum Gasteiger partial charge on any atom is 0.317 e. The molecule has 3 heteroatoms. The molecule has 0 aromatic carbocycles. The minimum Gasteiger partial charge on any atom is -0.338 e. The fourth-order valence-electron chi connectivity index (χ4n) is 1.68. The van der Waals surface area contributed by atoms with E-state index in [0.29, 0.717) is 5.92 Å². The Morgan fingerprint density at radius 2 is 1.93 bits per heavy atom. The summed E-state index contributed by atoms with van der Waals surface area (Å²) in [6.07, 6.45) is 4.67. The van der Waals surface area contributed by atoms with Crippen molar-refractivity contribution in [3.8, 4) is 0 Å². The van der Waals surface area contributed by atoms with E-state index in [9.17, 15) is 4.79 Å². The first-order valence-corrected chi connectivity index (χ1v) is 5.73. The van der Waals surface area contributed by atoms with Gasteiger partial charge in [-0.3, -0.25) is 0 Å². The Morgan fingerprint density at radius 3 is 2.50 bits per heavy atom. The SMILES string of the molecule is CC(C)CCNC(=O)N1CCCCC1. The van der Waals surface area contributed by atoms with E-state index in [2.05, 4.69) is 19.2 Å². The number of urea groups is 1. The Hall–Kier alpha value is -0.730. The number of carbonyl (C=O) groups excluding carboxylic acids is 1. The molecule has 14 heavy (non-hydrogen) atoms. The quantitative estimate of drug-likeness (QED) is 0.741. The Bertz CT molecular complexity index is 174. The molecule has 1 rings (SSSR count). The lowest BCUT2D eigenvalue weighted by Crippen LogP contribution is -2.43. The van der Waals surface area contributed by atoms with Crippen LogP contribution in [0.15, 0.2) is 0 Å². The molecule has 0 aliphatic carbocycles. The van der Waals surface area contributed by atoms with Crippen LogP contribution in [0.2, 0.25) is 0 Å². The summed E-state index contributed by atoms with van der Waals surface area (Å²) in [4.78, 5) is 13.5. The van der Waals surface area contributed by atoms with Crippen LogP contribution in [-0.2, 0) is 0 Å². The number of hydrogen-bond donors (Lipinski definition) is 1. The molecule has 2 amide bonds. The zero-order chi connectivity index (χ0) is 10.4. The molecule has 0 spiro atoms. The van der Waals surface area contributed by atoms with Crippen LogP contribution in [0.1, 0.15) is 39.5 Å². The third-order valence-electron chi connectivity index (χ3n) is 2.64. The van der Waals surface area contributed by atoms with Gasteiger partial charge in [-0.05, 0) is 31.6 Å². The minimum absolute atomic E-state index is 0.130. The topological polar surface area (TPSA) is 32.3 Å². The van der Waals surface area contributed by atoms with E-state index in [1.807, 2.05) is 4.90 Å². The standard InChI is InChI=1S/C11H22N2O/c1-10(2)6-7-12-11(14)13-8-4-3-5-9-13/h10H,3-9H2,1-2H3,(H,12,14). The lowest BCUT2D eigenvalue weighted by atomic mass is 10.1. The second-order valence-corrected chi connectivity index (χ2v) is 4.46. The molecular weight excluding hydrogens is 176 g/mol. The van der Waals surface area contributed by atoms with Gasteiger partial charge in [0.25, 0.3) is 0 Å². The van der Waals surface area contributed by atoms with Crippen LogP contribution in [0, 0.1) is 5.92 Å². The number of rotatable bonds is 3. The van der Waals surface area contributed by atoms with Crippen molar-refractivity contribution in [3.05, 3.63) is 0 Å². The van der Waals surface area contributed by atoms with E-state index in [0.717, 1.165) is 38.9 Å². The number of piperidine rings is 1. The van der Waals surface area contributed by atoms with E-state index >= 15 is 0 Å². The predicted molar refractivity (Wildman–Crippen MR) is 58.3 cm³/mol. The van der Waals surface area contributed by atoms with Crippen LogP contribution in [0.5, 0.6) is 0 Å². The Kier molecular flexibility index (Phi) is 4.77. The summed E-state index contributed by atoms with van der Waals surface area (Å²) >= 11 is 0. The number of nitrogens with one attached hydrogen (secondary N) is 1. The maximum absolute atomic E-state index is 11.6. The van der Waals surface area contributed by atoms with Crippen molar-refractivity contribution in [1.82, 2.24) is 10.2 Å². The first-order valence-electron chi connectivity index (χ1n) is 5.73. The molecule has 0 aromatic heterocycles. The number of hydrogen-bond acceptors (Lipinski definition) is 1. The second-order valence-electron chi connectivity index (χ2n) is 4.46. The number of likely N-dealkylation sites (tertiary alicyclic amines) is 1. The third kappa shape index (κ3) is 3.99. The largest absolute Gasteiger partial charge is 0.338 e. The molecule has 0 radical (unpaired) electrons. The molecule has 0 atom stereocenters. The molecule has 1 heterocycles. The molecule has 0 saturated carbocycles. The molecular formula is C11H22N2O. The zero-order valence-corrected chi connectivity index (χ0v) is 9.38. The Morgan fingerprint density at radius 1 is 1.29 bits per heavy atom. The smallest absolute Gasteiger partial charge is 0.317 e. The first-order chi connectivity index (χ1) is 6.70. The van der Waals surface area contributed by atoms with Crippen LogP contribution >= 0.6 is 0 Å². The van der Waals surface area contributed by atoms with Gasteiger partial charge in [-0.2, -0.15) is 0 Å². The summed E-state index contributed by atoms with van der Waals surface area (Å²) in [7, 11) is 0. The zero-order valence-electron chi connectivity index (χ0n) is 9.38. The summed E-state index contributed by atoms with van der Waals surface area (Å²) < 4.78 is 0. The highest BCUT2D eigenvalue weighted by Gasteiger charge is 2.15. The average molecular weight is 198 g/mol. The van der Waals surface area contributed by atoms with Gasteiger partial charge in [0.15, 0.2) is 0 Å². The Balaban J connectivity index is 2.13. The van der Waals surface area contributed by atoms with E-state index in [1.54, 1.807) is 0 Å². The lowest BCUT2D eigenvalue weighted by molar-refractivity contribution is 0.186. The fraction of sp³-hybridized carbons (Fsp3) is 0.909. The molecule has 1 N–H and O–H groups in total. The molecule has 82 valence electrons. The van der Waals surface area contributed by atoms with Gasteiger partial charge in [-0.25, -0.2) is 4.79 Å². The highest BCUT2D eigenvalue weighted by Crippen LogP contribution is 2.08. The van der Waals surface area contributed by atoms with Crippen molar-refractivity contribution in [2.24, 2.45) is 5.92 Å². The van der Waals surface area contributed by atoms with Crippen LogP contribution in [0.4, 0.5) is 4.79 Å². The van der Waals surface area contributed by atoms with E-state index < -0.39 is 0 Å². The lowest BCUT2D eigenvalue weighted by Gasteiger charge is -2.26. The monoisotopic (exact) mass is 198 g/mol. The van der Waals surface area contributed by atoms with Crippen molar-refractivity contribution < 1.29 is 4.79 Å². The van der Waals surface area contributed by atoms with E-state index in [-0.39, 0.29) is 6.03 Å². The van der Waals surface area contributed by atoms with Gasteiger partial charge < -0.3 is 10.2 Å². The van der Waals surface area contributed by atoms with Gasteiger partial charge in [0, 0.05) is 19.6 Å². The van der Waals surface area contributed by atoms with Crippen molar-refractivity contribution >= 4 is 6.03 Å². The van der Waals surface area contributed by atoms with Crippen molar-refractivity contribution in [3.63, 3.8) is 0 Å². The summed E-state index contributed by atoms with van der Waals surface area (Å²) in [5.74, 6) is 0.664. The molecule has 0 bridgehead atoms. The second kappa shape index (κ2) is 5.89. The highest BCUT2D eigenvalue weighted by molar-refractivity contribution is 5.74. The van der Waals surface area contributed by atoms with Gasteiger partial charge in [0.2, 0.25) is 0 Å². The van der Waals surface area contributed by atoms with Gasteiger partial charge in [0.1, 0.15) is 0 Å². The number of nitrogens with zero attached hydrogens (tertiary/aromatic N) is 1. The summed E-state index contributed by atoms with van der Waals surface area (Å²) in [6, 6.07) is 0.130. The number of carbonyl (C=O) groups is 1. The highest BCUT2D eigenvalue weighted by atomic mass is 16.2. The van der Waals surface area contributed by atoms with Crippen LogP contribution in [0.3, 0.4) is 0 Å². The summed E-state index contributed by atoms with van der Waals surface area (Å²) in [5.41, 5.74) is 0. The van der Waals surface area contributed by atoms with Gasteiger partial charge in [0.05, 0.1) is 0 Å². The molecule has 1 aliphatic rings. The van der Waals surface area contributed by atoms with Gasteiger partial charge >= 0.3 is 6.03 Å². The molecule has 1 saturated heterocycles. The van der Waals surface area contributed by atoms with E-state index in [1.165, 1.54) is 6.42 Å². The minimum atomic E-state index is 0.130. The normalized spacial score (nSPS) is 17.2. The first kappa shape index (κ1) is 11.3. The average Bonchev–Trinajstić information content (AvgIpc) is 2.18. The number of amides is 2. The van der Waals surface area contributed by atoms with E-state index in [4.69, 9.17) is 0 Å². The van der Waals surface area contributed by atoms with Crippen molar-refractivity contribution in [2.75, 3.05) is 19.6 Å². The molecule has 0 unspecified atom stereocenters. The van der Waals surface area contributed by atoms with Crippen molar-refractivity contribution in [2.45, 2.75) is 39.5 Å². The summed E-state index contributed by atoms with van der Waals surface area (Å²) in [5, 5.41) is 2.97. The van der Waals surface area contributed by atoms with Crippen LogP contribution in [0.25, 0.3) is 0 Å². The maximum atomic E-state index is 11.6. The molecule has 3 nitrogen and oxygen atoms in total. The summed E-state index contributed by atoms with van der Waals surface area (Å²) in [6.45, 7) is 7.04. The van der Waals surface area contributed by atoms with Crippen molar-refractivity contribution in [1.29, 1.82) is 0 Å².